The van der Waals surface area contributed by atoms with E-state index in [2.05, 4.69) is 64.3 Å². The van der Waals surface area contributed by atoms with Gasteiger partial charge in [0.25, 0.3) is 0 Å². The van der Waals surface area contributed by atoms with Gasteiger partial charge in [-0.2, -0.15) is 0 Å². The average Bonchev–Trinajstić information content (AvgIpc) is 2.96. The highest BCUT2D eigenvalue weighted by atomic mass is 15.2. The van der Waals surface area contributed by atoms with Crippen LogP contribution < -0.4 is 4.90 Å². The molecule has 1 aromatic heterocycles. The van der Waals surface area contributed by atoms with Crippen LogP contribution in [0.1, 0.15) is 35.6 Å². The van der Waals surface area contributed by atoms with Crippen LogP contribution in [0.3, 0.4) is 0 Å². The van der Waals surface area contributed by atoms with Gasteiger partial charge in [-0.1, -0.05) is 30.3 Å². The van der Waals surface area contributed by atoms with Crippen LogP contribution in [-0.2, 0) is 6.54 Å². The highest BCUT2D eigenvalue weighted by Gasteiger charge is 2.27. The quantitative estimate of drug-likeness (QED) is 0.855. The Labute approximate surface area is 133 Å². The van der Waals surface area contributed by atoms with Crippen LogP contribution in [0.4, 0.5) is 5.82 Å². The molecular weight excluding hydrogens is 270 g/mol. The highest BCUT2D eigenvalue weighted by Crippen LogP contribution is 2.35. The predicted molar refractivity (Wildman–Crippen MR) is 92.1 cm³/mol. The van der Waals surface area contributed by atoms with Crippen molar-refractivity contribution in [1.82, 2.24) is 9.88 Å². The fraction of sp³-hybridized carbons (Fsp3) is 0.421. The lowest BCUT2D eigenvalue weighted by Gasteiger charge is -2.26. The van der Waals surface area contributed by atoms with Gasteiger partial charge in [0.15, 0.2) is 0 Å². The molecule has 0 radical (unpaired) electrons. The molecule has 1 aliphatic rings. The molecule has 22 heavy (non-hydrogen) atoms. The normalized spacial score (nSPS) is 18.6. The van der Waals surface area contributed by atoms with Gasteiger partial charge in [0.1, 0.15) is 5.82 Å². The van der Waals surface area contributed by atoms with E-state index in [0.717, 1.165) is 12.4 Å². The van der Waals surface area contributed by atoms with Crippen molar-refractivity contribution in [2.45, 2.75) is 32.4 Å². The molecule has 0 spiro atoms. The van der Waals surface area contributed by atoms with Crippen molar-refractivity contribution in [3.63, 3.8) is 0 Å². The third-order valence-corrected chi connectivity index (χ3v) is 4.55. The molecule has 3 heteroatoms. The summed E-state index contributed by atoms with van der Waals surface area (Å²) in [6.07, 6.45) is 4.59. The molecule has 2 heterocycles. The number of nitrogens with zero attached hydrogens (tertiary/aromatic N) is 3. The summed E-state index contributed by atoms with van der Waals surface area (Å²) in [5, 5.41) is 0. The summed E-state index contributed by atoms with van der Waals surface area (Å²) in [6.45, 7) is 4.41. The van der Waals surface area contributed by atoms with Crippen molar-refractivity contribution in [2.75, 3.05) is 25.5 Å². The number of aromatic nitrogens is 1. The van der Waals surface area contributed by atoms with Crippen LogP contribution in [0.25, 0.3) is 0 Å². The summed E-state index contributed by atoms with van der Waals surface area (Å²) >= 11 is 0. The lowest BCUT2D eigenvalue weighted by molar-refractivity contribution is 0.247. The molecule has 1 aromatic carbocycles. The standard InChI is InChI=1S/C19H25N3/c1-15-12-19(21(2)3)20-13-17(15)18-10-7-11-22(18)14-16-8-5-4-6-9-16/h4-6,8-9,12-13,18H,7,10-11,14H2,1-3H3. The predicted octanol–water partition coefficient (Wildman–Crippen LogP) is 3.79. The smallest absolute Gasteiger partial charge is 0.128 e. The van der Waals surface area contributed by atoms with Crippen LogP contribution in [0.2, 0.25) is 0 Å². The minimum Gasteiger partial charge on any atom is -0.363 e. The van der Waals surface area contributed by atoms with E-state index >= 15 is 0 Å². The number of rotatable bonds is 4. The molecule has 1 fully saturated rings. The number of pyridine rings is 1. The first-order valence-electron chi connectivity index (χ1n) is 8.07. The maximum Gasteiger partial charge on any atom is 0.128 e. The largest absolute Gasteiger partial charge is 0.363 e. The van der Waals surface area contributed by atoms with E-state index in [0.29, 0.717) is 6.04 Å². The first kappa shape index (κ1) is 15.0. The zero-order valence-corrected chi connectivity index (χ0v) is 13.8. The van der Waals surface area contributed by atoms with E-state index in [1.807, 2.05) is 14.1 Å². The number of benzene rings is 1. The van der Waals surface area contributed by atoms with E-state index in [9.17, 15) is 0 Å². The monoisotopic (exact) mass is 295 g/mol. The van der Waals surface area contributed by atoms with E-state index in [1.165, 1.54) is 36.1 Å². The fourth-order valence-electron chi connectivity index (χ4n) is 3.33. The van der Waals surface area contributed by atoms with Crippen LogP contribution >= 0.6 is 0 Å². The van der Waals surface area contributed by atoms with Gasteiger partial charge in [-0.25, -0.2) is 4.98 Å². The molecule has 0 aliphatic carbocycles. The Morgan fingerprint density at radius 1 is 1.23 bits per heavy atom. The first-order chi connectivity index (χ1) is 10.6. The molecule has 3 rings (SSSR count). The Balaban J connectivity index is 1.81. The van der Waals surface area contributed by atoms with Gasteiger partial charge < -0.3 is 4.90 Å². The number of anilines is 1. The third-order valence-electron chi connectivity index (χ3n) is 4.55. The second-order valence-corrected chi connectivity index (χ2v) is 6.41. The zero-order chi connectivity index (χ0) is 15.5. The Morgan fingerprint density at radius 2 is 2.00 bits per heavy atom. The lowest BCUT2D eigenvalue weighted by atomic mass is 10.0. The van der Waals surface area contributed by atoms with Crippen LogP contribution in [-0.4, -0.2) is 30.5 Å². The van der Waals surface area contributed by atoms with Gasteiger partial charge >= 0.3 is 0 Å². The Hall–Kier alpha value is -1.87. The zero-order valence-electron chi connectivity index (χ0n) is 13.8. The molecule has 0 saturated carbocycles. The summed E-state index contributed by atoms with van der Waals surface area (Å²) in [7, 11) is 4.08. The number of hydrogen-bond acceptors (Lipinski definition) is 3. The van der Waals surface area contributed by atoms with Crippen molar-refractivity contribution >= 4 is 5.82 Å². The van der Waals surface area contributed by atoms with Crippen molar-refractivity contribution in [1.29, 1.82) is 0 Å². The number of aryl methyl sites for hydroxylation is 1. The Bertz CT molecular complexity index is 622. The van der Waals surface area contributed by atoms with Crippen LogP contribution in [0.5, 0.6) is 0 Å². The molecule has 2 aromatic rings. The molecule has 1 unspecified atom stereocenters. The van der Waals surface area contributed by atoms with E-state index in [-0.39, 0.29) is 0 Å². The molecule has 1 aliphatic heterocycles. The maximum atomic E-state index is 4.62. The topological polar surface area (TPSA) is 19.4 Å². The van der Waals surface area contributed by atoms with E-state index in [4.69, 9.17) is 0 Å². The van der Waals surface area contributed by atoms with E-state index in [1.54, 1.807) is 0 Å². The minimum atomic E-state index is 0.504. The van der Waals surface area contributed by atoms with Gasteiger partial charge in [-0.15, -0.1) is 0 Å². The van der Waals surface area contributed by atoms with Crippen molar-refractivity contribution < 1.29 is 0 Å². The molecule has 0 bridgehead atoms. The van der Waals surface area contributed by atoms with Crippen molar-refractivity contribution in [3.05, 3.63) is 59.3 Å². The molecule has 116 valence electrons. The summed E-state index contributed by atoms with van der Waals surface area (Å²) in [5.74, 6) is 1.04. The minimum absolute atomic E-state index is 0.504. The van der Waals surface area contributed by atoms with Gasteiger partial charge in [0.05, 0.1) is 0 Å². The molecule has 1 atom stereocenters. The van der Waals surface area contributed by atoms with Crippen LogP contribution in [0.15, 0.2) is 42.6 Å². The third kappa shape index (κ3) is 3.14. The van der Waals surface area contributed by atoms with Gasteiger partial charge in [0, 0.05) is 32.9 Å². The molecule has 0 N–H and O–H groups in total. The summed E-state index contributed by atoms with van der Waals surface area (Å²) in [6, 6.07) is 13.5. The summed E-state index contributed by atoms with van der Waals surface area (Å²) < 4.78 is 0. The molecular formula is C19H25N3. The molecule has 3 nitrogen and oxygen atoms in total. The van der Waals surface area contributed by atoms with Crippen molar-refractivity contribution in [3.8, 4) is 0 Å². The molecule has 0 amide bonds. The van der Waals surface area contributed by atoms with Gasteiger partial charge in [-0.05, 0) is 49.1 Å². The first-order valence-corrected chi connectivity index (χ1v) is 8.07. The van der Waals surface area contributed by atoms with Crippen LogP contribution in [0, 0.1) is 6.92 Å². The average molecular weight is 295 g/mol. The number of hydrogen-bond donors (Lipinski definition) is 0. The SMILES string of the molecule is Cc1cc(N(C)C)ncc1C1CCCN1Cc1ccccc1. The summed E-state index contributed by atoms with van der Waals surface area (Å²) in [4.78, 5) is 9.28. The van der Waals surface area contributed by atoms with Gasteiger partial charge in [-0.3, -0.25) is 4.90 Å². The van der Waals surface area contributed by atoms with E-state index < -0.39 is 0 Å². The Morgan fingerprint density at radius 3 is 2.68 bits per heavy atom. The molecule has 1 saturated heterocycles. The number of likely N-dealkylation sites (tertiary alicyclic amines) is 1. The second-order valence-electron chi connectivity index (χ2n) is 6.41. The lowest BCUT2D eigenvalue weighted by Crippen LogP contribution is -2.23. The Kier molecular flexibility index (Phi) is 4.44. The fourth-order valence-corrected chi connectivity index (χ4v) is 3.33. The van der Waals surface area contributed by atoms with Gasteiger partial charge in [0.2, 0.25) is 0 Å². The maximum absolute atomic E-state index is 4.62. The summed E-state index contributed by atoms with van der Waals surface area (Å²) in [5.41, 5.74) is 4.13. The second kappa shape index (κ2) is 6.49. The van der Waals surface area contributed by atoms with Crippen molar-refractivity contribution in [2.24, 2.45) is 0 Å². The highest BCUT2D eigenvalue weighted by molar-refractivity contribution is 5.43.